The minimum atomic E-state index is -3.77. The monoisotopic (exact) mass is 344 g/mol. The predicted octanol–water partition coefficient (Wildman–Crippen LogP) is 1.21. The smallest absolute Gasteiger partial charge is 0.264 e. The van der Waals surface area contributed by atoms with Crippen molar-refractivity contribution in [2.24, 2.45) is 0 Å². The number of hydrogen-bond donors (Lipinski definition) is 0. The third-order valence-electron chi connectivity index (χ3n) is 2.89. The molecular formula is C13H16N2O5S2. The summed E-state index contributed by atoms with van der Waals surface area (Å²) in [7, 11) is -7.39. The van der Waals surface area contributed by atoms with Gasteiger partial charge >= 0.3 is 0 Å². The summed E-state index contributed by atoms with van der Waals surface area (Å²) in [5, 5.41) is 0. The molecule has 0 fully saturated rings. The van der Waals surface area contributed by atoms with E-state index in [2.05, 4.69) is 9.17 Å². The normalized spacial score (nSPS) is 12.5. The van der Waals surface area contributed by atoms with Crippen LogP contribution in [-0.4, -0.2) is 32.0 Å². The van der Waals surface area contributed by atoms with E-state index in [0.29, 0.717) is 0 Å². The minimum absolute atomic E-state index is 0.134. The van der Waals surface area contributed by atoms with E-state index in [4.69, 9.17) is 0 Å². The van der Waals surface area contributed by atoms with Crippen molar-refractivity contribution in [3.8, 4) is 0 Å². The minimum Gasteiger partial charge on any atom is -0.264 e. The lowest BCUT2D eigenvalue weighted by Gasteiger charge is -2.07. The van der Waals surface area contributed by atoms with Crippen molar-refractivity contribution >= 4 is 20.1 Å². The SMILES string of the molecule is Cc1ccc(S(=O)(=O)n2cc(COS(C)(=O)=O)nc2C)cc1. The average Bonchev–Trinajstić information content (AvgIpc) is 2.78. The van der Waals surface area contributed by atoms with E-state index in [0.717, 1.165) is 15.8 Å². The van der Waals surface area contributed by atoms with Gasteiger partial charge in [0.2, 0.25) is 0 Å². The maximum Gasteiger partial charge on any atom is 0.269 e. The Morgan fingerprint density at radius 3 is 2.23 bits per heavy atom. The zero-order valence-corrected chi connectivity index (χ0v) is 14.0. The summed E-state index contributed by atoms with van der Waals surface area (Å²) in [6.45, 7) is 3.07. The zero-order chi connectivity index (χ0) is 16.5. The molecule has 2 rings (SSSR count). The molecule has 0 aliphatic carbocycles. The summed E-state index contributed by atoms with van der Waals surface area (Å²) in [6.07, 6.45) is 2.18. The van der Waals surface area contributed by atoms with E-state index in [-0.39, 0.29) is 23.0 Å². The Hall–Kier alpha value is -1.71. The van der Waals surface area contributed by atoms with Crippen LogP contribution in [0.1, 0.15) is 17.1 Å². The molecule has 1 aromatic carbocycles. The second-order valence-corrected chi connectivity index (χ2v) is 8.32. The molecule has 120 valence electrons. The zero-order valence-electron chi connectivity index (χ0n) is 12.3. The number of hydrogen-bond acceptors (Lipinski definition) is 6. The highest BCUT2D eigenvalue weighted by molar-refractivity contribution is 7.90. The van der Waals surface area contributed by atoms with E-state index in [9.17, 15) is 16.8 Å². The van der Waals surface area contributed by atoms with Crippen molar-refractivity contribution in [1.29, 1.82) is 0 Å². The van der Waals surface area contributed by atoms with Gasteiger partial charge in [-0.2, -0.15) is 8.42 Å². The van der Waals surface area contributed by atoms with Crippen molar-refractivity contribution in [1.82, 2.24) is 8.96 Å². The lowest BCUT2D eigenvalue weighted by molar-refractivity contribution is 0.307. The van der Waals surface area contributed by atoms with Gasteiger partial charge in [0.25, 0.3) is 20.1 Å². The van der Waals surface area contributed by atoms with Crippen LogP contribution < -0.4 is 0 Å². The summed E-state index contributed by atoms with van der Waals surface area (Å²) < 4.78 is 52.7. The molecule has 9 heteroatoms. The quantitative estimate of drug-likeness (QED) is 0.757. The molecule has 0 unspecified atom stereocenters. The predicted molar refractivity (Wildman–Crippen MR) is 80.4 cm³/mol. The number of nitrogens with zero attached hydrogens (tertiary/aromatic N) is 2. The van der Waals surface area contributed by atoms with Crippen LogP contribution in [0.15, 0.2) is 35.4 Å². The first-order valence-corrected chi connectivity index (χ1v) is 9.57. The number of aromatic nitrogens is 2. The van der Waals surface area contributed by atoms with Gasteiger partial charge in [-0.1, -0.05) is 17.7 Å². The number of rotatable bonds is 5. The van der Waals surface area contributed by atoms with Crippen LogP contribution in [0.5, 0.6) is 0 Å². The summed E-state index contributed by atoms with van der Waals surface area (Å²) in [6, 6.07) is 6.42. The van der Waals surface area contributed by atoms with Crippen molar-refractivity contribution in [2.75, 3.05) is 6.26 Å². The Labute approximate surface area is 129 Å². The fourth-order valence-corrected chi connectivity index (χ4v) is 3.51. The molecule has 0 saturated heterocycles. The van der Waals surface area contributed by atoms with Gasteiger partial charge in [-0.25, -0.2) is 17.4 Å². The van der Waals surface area contributed by atoms with Gasteiger partial charge in [0.05, 0.1) is 16.8 Å². The molecule has 7 nitrogen and oxygen atoms in total. The molecule has 0 atom stereocenters. The van der Waals surface area contributed by atoms with Crippen LogP contribution in [0.25, 0.3) is 0 Å². The summed E-state index contributed by atoms with van der Waals surface area (Å²) in [5.74, 6) is 0.229. The molecule has 2 aromatic rings. The van der Waals surface area contributed by atoms with Gasteiger partial charge in [0.15, 0.2) is 0 Å². The summed E-state index contributed by atoms with van der Waals surface area (Å²) in [5.41, 5.74) is 1.17. The highest BCUT2D eigenvalue weighted by atomic mass is 32.2. The Morgan fingerprint density at radius 2 is 1.68 bits per heavy atom. The molecular weight excluding hydrogens is 328 g/mol. The first-order valence-electron chi connectivity index (χ1n) is 6.31. The molecule has 0 aliphatic rings. The van der Waals surface area contributed by atoms with E-state index >= 15 is 0 Å². The van der Waals surface area contributed by atoms with Gasteiger partial charge in [-0.15, -0.1) is 0 Å². The summed E-state index contributed by atoms with van der Waals surface area (Å²) in [4.78, 5) is 4.15. The largest absolute Gasteiger partial charge is 0.269 e. The van der Waals surface area contributed by atoms with Crippen molar-refractivity contribution in [2.45, 2.75) is 25.3 Å². The number of imidazole rings is 1. The van der Waals surface area contributed by atoms with E-state index in [1.165, 1.54) is 25.3 Å². The molecule has 0 radical (unpaired) electrons. The number of benzene rings is 1. The third kappa shape index (κ3) is 3.73. The molecule has 0 saturated carbocycles. The molecule has 0 aliphatic heterocycles. The first kappa shape index (κ1) is 16.7. The molecule has 1 aromatic heterocycles. The fraction of sp³-hybridized carbons (Fsp3) is 0.308. The van der Waals surface area contributed by atoms with Crippen molar-refractivity contribution in [3.63, 3.8) is 0 Å². The van der Waals surface area contributed by atoms with Gasteiger partial charge in [0.1, 0.15) is 12.4 Å². The maximum absolute atomic E-state index is 12.5. The highest BCUT2D eigenvalue weighted by Gasteiger charge is 2.20. The van der Waals surface area contributed by atoms with E-state index in [1.807, 2.05) is 6.92 Å². The number of aryl methyl sites for hydroxylation is 2. The molecule has 0 spiro atoms. The fourth-order valence-electron chi connectivity index (χ4n) is 1.82. The van der Waals surface area contributed by atoms with Gasteiger partial charge in [-0.05, 0) is 26.0 Å². The molecule has 0 N–H and O–H groups in total. The highest BCUT2D eigenvalue weighted by Crippen LogP contribution is 2.17. The van der Waals surface area contributed by atoms with Crippen LogP contribution in [0, 0.1) is 13.8 Å². The third-order valence-corrected chi connectivity index (χ3v) is 5.19. The van der Waals surface area contributed by atoms with Crippen LogP contribution in [0.4, 0.5) is 0 Å². The molecule has 0 bridgehead atoms. The maximum atomic E-state index is 12.5. The Bertz CT molecular complexity index is 881. The summed E-state index contributed by atoms with van der Waals surface area (Å²) >= 11 is 0. The van der Waals surface area contributed by atoms with Gasteiger partial charge in [-0.3, -0.25) is 4.18 Å². The van der Waals surface area contributed by atoms with Crippen LogP contribution in [0.2, 0.25) is 0 Å². The van der Waals surface area contributed by atoms with E-state index < -0.39 is 20.1 Å². The molecule has 22 heavy (non-hydrogen) atoms. The lowest BCUT2D eigenvalue weighted by Crippen LogP contribution is -2.13. The van der Waals surface area contributed by atoms with Crippen LogP contribution >= 0.6 is 0 Å². The van der Waals surface area contributed by atoms with Gasteiger partial charge in [0, 0.05) is 6.20 Å². The van der Waals surface area contributed by atoms with Crippen LogP contribution in [0.3, 0.4) is 0 Å². The Morgan fingerprint density at radius 1 is 1.09 bits per heavy atom. The van der Waals surface area contributed by atoms with E-state index in [1.54, 1.807) is 12.1 Å². The van der Waals surface area contributed by atoms with Crippen molar-refractivity contribution in [3.05, 3.63) is 47.5 Å². The Kier molecular flexibility index (Phi) is 4.41. The molecule has 1 heterocycles. The lowest BCUT2D eigenvalue weighted by atomic mass is 10.2. The first-order chi connectivity index (χ1) is 10.1. The topological polar surface area (TPSA) is 95.3 Å². The van der Waals surface area contributed by atoms with Crippen molar-refractivity contribution < 1.29 is 21.0 Å². The average molecular weight is 344 g/mol. The second kappa shape index (κ2) is 5.82. The van der Waals surface area contributed by atoms with Crippen LogP contribution in [-0.2, 0) is 30.9 Å². The second-order valence-electron chi connectivity index (χ2n) is 4.86. The molecule has 0 amide bonds. The van der Waals surface area contributed by atoms with Gasteiger partial charge < -0.3 is 0 Å². The Balaban J connectivity index is 2.36. The standard InChI is InChI=1S/C13H16N2O5S2/c1-10-4-6-13(7-5-10)22(18,19)15-8-12(14-11(15)2)9-20-21(3,16)17/h4-8H,9H2,1-3H3.